The quantitative estimate of drug-likeness (QED) is 0.194. The predicted octanol–water partition coefficient (Wildman–Crippen LogP) is 0.676. The van der Waals surface area contributed by atoms with Gasteiger partial charge in [-0.15, -0.1) is 0 Å². The zero-order valence-corrected chi connectivity index (χ0v) is 22.1. The maximum absolute atomic E-state index is 13.8. The largest absolute Gasteiger partial charge is 0.496 e. The van der Waals surface area contributed by atoms with Gasteiger partial charge < -0.3 is 35.0 Å². The highest BCUT2D eigenvalue weighted by atomic mass is 32.1. The maximum atomic E-state index is 13.8. The molecule has 0 atom stereocenters. The molecular weight excluding hydrogens is 530 g/mol. The second kappa shape index (κ2) is 9.75. The van der Waals surface area contributed by atoms with Crippen molar-refractivity contribution in [2.75, 3.05) is 20.3 Å². The van der Waals surface area contributed by atoms with Gasteiger partial charge >= 0.3 is 6.10 Å². The van der Waals surface area contributed by atoms with Crippen LogP contribution in [0.5, 0.6) is 11.5 Å². The lowest BCUT2D eigenvalue weighted by molar-refractivity contribution is -0.396. The molecule has 1 amide bonds. The van der Waals surface area contributed by atoms with Crippen LogP contribution < -0.4 is 9.47 Å². The number of aliphatic hydroxyl groups excluding tert-OH is 2. The molecule has 0 bridgehead atoms. The normalized spacial score (nSPS) is 13.0. The molecule has 0 aliphatic carbocycles. The van der Waals surface area contributed by atoms with Crippen LogP contribution in [0, 0.1) is 0 Å². The molecule has 0 unspecified atom stereocenters. The smallest absolute Gasteiger partial charge is 0.372 e. The van der Waals surface area contributed by atoms with Crippen molar-refractivity contribution < 1.29 is 39.8 Å². The Morgan fingerprint density at radius 1 is 1.18 bits per heavy atom. The number of benzene rings is 1. The summed E-state index contributed by atoms with van der Waals surface area (Å²) in [5.74, 6) is -0.168. The summed E-state index contributed by atoms with van der Waals surface area (Å²) in [6.07, 6.45) is -1.93. The summed E-state index contributed by atoms with van der Waals surface area (Å²) in [6, 6.07) is 7.15. The van der Waals surface area contributed by atoms with Crippen LogP contribution in [0.15, 0.2) is 41.2 Å². The third-order valence-electron chi connectivity index (χ3n) is 6.58. The average Bonchev–Trinajstić information content (AvgIpc) is 3.66. The number of hydrogen-bond donors (Lipinski definition) is 5. The number of hydrogen-bond acceptors (Lipinski definition) is 11. The minimum atomic E-state index is -3.72. The molecule has 4 aromatic rings. The first-order valence-electron chi connectivity index (χ1n) is 11.8. The number of rotatable bonds is 8. The number of fused-ring (bicyclic) bond motifs is 3. The maximum Gasteiger partial charge on any atom is 0.372 e. The Labute approximate surface area is 226 Å². The van der Waals surface area contributed by atoms with E-state index >= 15 is 0 Å². The van der Waals surface area contributed by atoms with Gasteiger partial charge in [0, 0.05) is 41.4 Å². The number of aryl methyl sites for hydroxylation is 1. The first-order valence-corrected chi connectivity index (χ1v) is 12.7. The number of carbonyl (C=O) groups excluding carboxylic acids is 1. The Hall–Kier alpha value is -3.79. The number of nitrogens with zero attached hydrogens (tertiary/aromatic N) is 5. The standard InChI is InChI=1S/C25H27N5O8S/c1-24(12-31,13-32)30(25(34,35)36)23(33)21-17-10-38-20-9-19(37-3)15(18-4-6-28(2)26-18)8-16(20)22(17)29(27-21)14-5-7-39-11-14/h4-9,11,31-32,34-36H,10,12-13H2,1-3H3. The van der Waals surface area contributed by atoms with Gasteiger partial charge in [0.1, 0.15) is 18.1 Å². The van der Waals surface area contributed by atoms with Gasteiger partial charge in [-0.2, -0.15) is 21.5 Å². The van der Waals surface area contributed by atoms with Gasteiger partial charge in [0.25, 0.3) is 5.91 Å². The van der Waals surface area contributed by atoms with Crippen molar-refractivity contribution in [3.05, 3.63) is 52.5 Å². The fourth-order valence-electron chi connectivity index (χ4n) is 4.58. The van der Waals surface area contributed by atoms with Crippen molar-refractivity contribution >= 4 is 17.2 Å². The Kier molecular flexibility index (Phi) is 6.70. The van der Waals surface area contributed by atoms with Crippen molar-refractivity contribution in [1.82, 2.24) is 24.5 Å². The first kappa shape index (κ1) is 26.8. The molecule has 0 fully saturated rings. The number of thiophene rings is 1. The van der Waals surface area contributed by atoms with Crippen LogP contribution in [0.3, 0.4) is 0 Å². The lowest BCUT2D eigenvalue weighted by Gasteiger charge is -2.42. The summed E-state index contributed by atoms with van der Waals surface area (Å²) >= 11 is 1.41. The van der Waals surface area contributed by atoms with E-state index in [4.69, 9.17) is 9.47 Å². The van der Waals surface area contributed by atoms with Gasteiger partial charge in [-0.1, -0.05) is 0 Å². The van der Waals surface area contributed by atoms with Gasteiger partial charge in [-0.05, 0) is 30.5 Å². The molecule has 0 saturated carbocycles. The molecule has 0 saturated heterocycles. The van der Waals surface area contributed by atoms with Gasteiger partial charge in [0.15, 0.2) is 5.69 Å². The van der Waals surface area contributed by atoms with E-state index in [1.54, 1.807) is 30.1 Å². The summed E-state index contributed by atoms with van der Waals surface area (Å²) in [5, 5.41) is 62.6. The highest BCUT2D eigenvalue weighted by molar-refractivity contribution is 7.08. The third kappa shape index (κ3) is 4.46. The van der Waals surface area contributed by atoms with Crippen LogP contribution in [0.25, 0.3) is 28.2 Å². The Bertz CT molecular complexity index is 1520. The fraction of sp³-hybridized carbons (Fsp3) is 0.320. The van der Waals surface area contributed by atoms with Gasteiger partial charge in [-0.3, -0.25) is 14.4 Å². The minimum Gasteiger partial charge on any atom is -0.496 e. The minimum absolute atomic E-state index is 0.127. The van der Waals surface area contributed by atoms with E-state index in [2.05, 4.69) is 10.2 Å². The molecule has 0 spiro atoms. The molecule has 206 valence electrons. The van der Waals surface area contributed by atoms with Crippen molar-refractivity contribution in [3.8, 4) is 39.7 Å². The molecule has 0 radical (unpaired) electrons. The number of aromatic nitrogens is 4. The molecule has 1 aliphatic heterocycles. The third-order valence-corrected chi connectivity index (χ3v) is 7.25. The molecule has 5 N–H and O–H groups in total. The molecule has 3 aromatic heterocycles. The van der Waals surface area contributed by atoms with Gasteiger partial charge in [0.05, 0.1) is 42.9 Å². The lowest BCUT2D eigenvalue weighted by Crippen LogP contribution is -2.65. The molecule has 14 heteroatoms. The monoisotopic (exact) mass is 557 g/mol. The van der Waals surface area contributed by atoms with E-state index in [9.17, 15) is 30.3 Å². The predicted molar refractivity (Wildman–Crippen MR) is 138 cm³/mol. The summed E-state index contributed by atoms with van der Waals surface area (Å²) in [5.41, 5.74) is 1.05. The average molecular weight is 558 g/mol. The molecule has 4 heterocycles. The van der Waals surface area contributed by atoms with E-state index in [0.717, 1.165) is 0 Å². The van der Waals surface area contributed by atoms with Gasteiger partial charge in [-0.25, -0.2) is 4.68 Å². The molecule has 13 nitrogen and oxygen atoms in total. The van der Waals surface area contributed by atoms with E-state index in [1.165, 1.54) is 30.1 Å². The number of amides is 1. The fourth-order valence-corrected chi connectivity index (χ4v) is 5.20. The molecule has 1 aliphatic rings. The second-order valence-electron chi connectivity index (χ2n) is 9.33. The first-order chi connectivity index (χ1) is 18.5. The van der Waals surface area contributed by atoms with Crippen molar-refractivity contribution in [1.29, 1.82) is 0 Å². The van der Waals surface area contributed by atoms with Crippen molar-refractivity contribution in [2.24, 2.45) is 7.05 Å². The Morgan fingerprint density at radius 3 is 2.49 bits per heavy atom. The summed E-state index contributed by atoms with van der Waals surface area (Å²) in [4.78, 5) is 14.0. The van der Waals surface area contributed by atoms with Crippen LogP contribution in [0.1, 0.15) is 23.0 Å². The summed E-state index contributed by atoms with van der Waals surface area (Å²) in [7, 11) is 3.33. The number of carbonyl (C=O) groups is 1. The lowest BCUT2D eigenvalue weighted by atomic mass is 9.97. The Morgan fingerprint density at radius 2 is 1.92 bits per heavy atom. The second-order valence-corrected chi connectivity index (χ2v) is 10.1. The van der Waals surface area contributed by atoms with Gasteiger partial charge in [0.2, 0.25) is 0 Å². The highest BCUT2D eigenvalue weighted by Gasteiger charge is 2.49. The van der Waals surface area contributed by atoms with Crippen LogP contribution in [0.4, 0.5) is 0 Å². The molecular formula is C25H27N5O8S. The van der Waals surface area contributed by atoms with E-state index in [-0.39, 0.29) is 17.2 Å². The molecule has 1 aromatic carbocycles. The highest BCUT2D eigenvalue weighted by Crippen LogP contribution is 2.46. The number of methoxy groups -OCH3 is 1. The topological polar surface area (TPSA) is 176 Å². The Balaban J connectivity index is 1.75. The number of ether oxygens (including phenoxy) is 2. The molecule has 39 heavy (non-hydrogen) atoms. The summed E-state index contributed by atoms with van der Waals surface area (Å²) < 4.78 is 14.8. The van der Waals surface area contributed by atoms with E-state index < -0.39 is 30.8 Å². The van der Waals surface area contributed by atoms with Crippen molar-refractivity contribution in [2.45, 2.75) is 25.2 Å². The van der Waals surface area contributed by atoms with Crippen LogP contribution >= 0.6 is 11.3 Å². The van der Waals surface area contributed by atoms with Crippen LogP contribution in [0.2, 0.25) is 0 Å². The zero-order chi connectivity index (χ0) is 28.1. The van der Waals surface area contributed by atoms with Crippen LogP contribution in [-0.4, -0.2) is 87.9 Å². The zero-order valence-electron chi connectivity index (χ0n) is 21.3. The van der Waals surface area contributed by atoms with Crippen LogP contribution in [-0.2, 0) is 13.7 Å². The van der Waals surface area contributed by atoms with Crippen molar-refractivity contribution in [3.63, 3.8) is 0 Å². The summed E-state index contributed by atoms with van der Waals surface area (Å²) in [6.45, 7) is -0.725. The van der Waals surface area contributed by atoms with E-state index in [1.807, 2.05) is 22.9 Å². The van der Waals surface area contributed by atoms with E-state index in [0.29, 0.717) is 45.3 Å². The SMILES string of the molecule is COc1cc2c(cc1-c1ccn(C)n1)-c1c(c(C(=O)N(C(O)(O)O)C(C)(CO)CO)nn1-c1ccsc1)CO2. The molecule has 5 rings (SSSR count). The number of aliphatic hydroxyl groups is 5.